The number of para-hydroxylation sites is 1. The van der Waals surface area contributed by atoms with Gasteiger partial charge >= 0.3 is 0 Å². The van der Waals surface area contributed by atoms with Crippen LogP contribution in [0.3, 0.4) is 0 Å². The van der Waals surface area contributed by atoms with Gasteiger partial charge in [0.15, 0.2) is 0 Å². The molecule has 3 nitrogen and oxygen atoms in total. The number of likely N-dealkylation sites (tertiary alicyclic amines) is 1. The first-order chi connectivity index (χ1) is 9.74. The van der Waals surface area contributed by atoms with E-state index in [0.29, 0.717) is 12.1 Å². The summed E-state index contributed by atoms with van der Waals surface area (Å²) in [6.07, 6.45) is 3.76. The fraction of sp³-hybridized carbons (Fsp3) is 0.647. The van der Waals surface area contributed by atoms with Crippen LogP contribution in [0.4, 0.5) is 0 Å². The Bertz CT molecular complexity index is 400. The van der Waals surface area contributed by atoms with Crippen LogP contribution in [0.1, 0.15) is 44.7 Å². The predicted octanol–water partition coefficient (Wildman–Crippen LogP) is 3.22. The van der Waals surface area contributed by atoms with Crippen LogP contribution in [0.15, 0.2) is 24.3 Å². The second-order valence-corrected chi connectivity index (χ2v) is 5.75. The van der Waals surface area contributed by atoms with E-state index in [-0.39, 0.29) is 0 Å². The Morgan fingerprint density at radius 2 is 2.00 bits per heavy atom. The van der Waals surface area contributed by atoms with Gasteiger partial charge < -0.3 is 15.0 Å². The second kappa shape index (κ2) is 7.65. The van der Waals surface area contributed by atoms with Gasteiger partial charge in [-0.15, -0.1) is 0 Å². The summed E-state index contributed by atoms with van der Waals surface area (Å²) in [6.45, 7) is 8.19. The van der Waals surface area contributed by atoms with E-state index in [4.69, 9.17) is 4.74 Å². The minimum Gasteiger partial charge on any atom is -0.496 e. The summed E-state index contributed by atoms with van der Waals surface area (Å²) in [5.41, 5.74) is 1.26. The molecule has 1 aromatic rings. The van der Waals surface area contributed by atoms with E-state index in [1.54, 1.807) is 7.11 Å². The van der Waals surface area contributed by atoms with Crippen molar-refractivity contribution in [2.24, 2.45) is 0 Å². The monoisotopic (exact) mass is 276 g/mol. The fourth-order valence-corrected chi connectivity index (χ4v) is 3.11. The lowest BCUT2D eigenvalue weighted by Gasteiger charge is -2.34. The molecule has 1 saturated heterocycles. The molecule has 1 aliphatic rings. The highest BCUT2D eigenvalue weighted by molar-refractivity contribution is 5.35. The average Bonchev–Trinajstić information content (AvgIpc) is 2.49. The first-order valence-electron chi connectivity index (χ1n) is 7.86. The van der Waals surface area contributed by atoms with Gasteiger partial charge in [-0.2, -0.15) is 0 Å². The molecule has 0 aromatic heterocycles. The third-order valence-electron chi connectivity index (χ3n) is 4.22. The number of hydrogen-bond donors (Lipinski definition) is 1. The summed E-state index contributed by atoms with van der Waals surface area (Å²) < 4.78 is 5.46. The van der Waals surface area contributed by atoms with Crippen molar-refractivity contribution in [2.75, 3.05) is 26.7 Å². The Hall–Kier alpha value is -1.06. The van der Waals surface area contributed by atoms with Crippen LogP contribution in [0.5, 0.6) is 5.75 Å². The minimum absolute atomic E-state index is 0.342. The highest BCUT2D eigenvalue weighted by Gasteiger charge is 2.21. The maximum absolute atomic E-state index is 5.46. The predicted molar refractivity (Wildman–Crippen MR) is 84.3 cm³/mol. The molecule has 2 rings (SSSR count). The lowest BCUT2D eigenvalue weighted by Crippen LogP contribution is -2.43. The second-order valence-electron chi connectivity index (χ2n) is 5.75. The highest BCUT2D eigenvalue weighted by atomic mass is 16.5. The van der Waals surface area contributed by atoms with Crippen LogP contribution in [-0.4, -0.2) is 37.7 Å². The molecule has 1 heterocycles. The normalized spacial score (nSPS) is 18.9. The van der Waals surface area contributed by atoms with Gasteiger partial charge in [0.05, 0.1) is 7.11 Å². The summed E-state index contributed by atoms with van der Waals surface area (Å²) in [4.78, 5) is 2.58. The average molecular weight is 276 g/mol. The van der Waals surface area contributed by atoms with Crippen molar-refractivity contribution in [2.45, 2.75) is 45.2 Å². The summed E-state index contributed by atoms with van der Waals surface area (Å²) in [5, 5.41) is 3.77. The number of ether oxygens (including phenoxy) is 1. The SMILES string of the molecule is CCCN1CCC(N[C@H](C)c2ccccc2OC)CC1. The smallest absolute Gasteiger partial charge is 0.123 e. The summed E-state index contributed by atoms with van der Waals surface area (Å²) in [6, 6.07) is 9.27. The first-order valence-corrected chi connectivity index (χ1v) is 7.86. The lowest BCUT2D eigenvalue weighted by molar-refractivity contribution is 0.192. The molecule has 0 aliphatic carbocycles. The van der Waals surface area contributed by atoms with Crippen LogP contribution < -0.4 is 10.1 Å². The third-order valence-corrected chi connectivity index (χ3v) is 4.22. The van der Waals surface area contributed by atoms with Gasteiger partial charge in [0.1, 0.15) is 5.75 Å². The van der Waals surface area contributed by atoms with Gasteiger partial charge in [-0.05, 0) is 51.9 Å². The van der Waals surface area contributed by atoms with E-state index in [0.717, 1.165) is 5.75 Å². The van der Waals surface area contributed by atoms with E-state index in [1.165, 1.54) is 44.5 Å². The zero-order valence-electron chi connectivity index (χ0n) is 13.1. The number of benzene rings is 1. The highest BCUT2D eigenvalue weighted by Crippen LogP contribution is 2.25. The van der Waals surface area contributed by atoms with Crippen LogP contribution in [0.25, 0.3) is 0 Å². The maximum Gasteiger partial charge on any atom is 0.123 e. The van der Waals surface area contributed by atoms with Crippen LogP contribution in [-0.2, 0) is 0 Å². The van der Waals surface area contributed by atoms with Crippen molar-refractivity contribution >= 4 is 0 Å². The number of methoxy groups -OCH3 is 1. The van der Waals surface area contributed by atoms with Crippen LogP contribution >= 0.6 is 0 Å². The molecule has 0 amide bonds. The molecule has 1 N–H and O–H groups in total. The van der Waals surface area contributed by atoms with Crippen molar-refractivity contribution in [1.82, 2.24) is 10.2 Å². The first kappa shape index (κ1) is 15.3. The van der Waals surface area contributed by atoms with Crippen molar-refractivity contribution in [3.05, 3.63) is 29.8 Å². The molecule has 0 saturated carbocycles. The Morgan fingerprint density at radius 3 is 2.65 bits per heavy atom. The molecule has 0 unspecified atom stereocenters. The molecule has 0 spiro atoms. The largest absolute Gasteiger partial charge is 0.496 e. The lowest BCUT2D eigenvalue weighted by atomic mass is 10.0. The van der Waals surface area contributed by atoms with E-state index in [2.05, 4.69) is 36.2 Å². The van der Waals surface area contributed by atoms with E-state index in [9.17, 15) is 0 Å². The molecule has 1 aromatic carbocycles. The molecule has 3 heteroatoms. The topological polar surface area (TPSA) is 24.5 Å². The quantitative estimate of drug-likeness (QED) is 0.863. The third kappa shape index (κ3) is 3.97. The van der Waals surface area contributed by atoms with Crippen LogP contribution in [0, 0.1) is 0 Å². The molecule has 0 radical (unpaired) electrons. The number of nitrogens with zero attached hydrogens (tertiary/aromatic N) is 1. The summed E-state index contributed by atoms with van der Waals surface area (Å²) in [5.74, 6) is 0.982. The van der Waals surface area contributed by atoms with Gasteiger partial charge in [-0.1, -0.05) is 25.1 Å². The molecular formula is C17H28N2O. The zero-order valence-corrected chi connectivity index (χ0v) is 13.1. The number of nitrogens with one attached hydrogen (secondary N) is 1. The van der Waals surface area contributed by atoms with Gasteiger partial charge in [-0.25, -0.2) is 0 Å². The van der Waals surface area contributed by atoms with E-state index in [1.807, 2.05) is 12.1 Å². The zero-order chi connectivity index (χ0) is 14.4. The van der Waals surface area contributed by atoms with Gasteiger partial charge in [0.25, 0.3) is 0 Å². The molecule has 112 valence electrons. The molecule has 20 heavy (non-hydrogen) atoms. The summed E-state index contributed by atoms with van der Waals surface area (Å²) in [7, 11) is 1.74. The standard InChI is InChI=1S/C17H28N2O/c1-4-11-19-12-9-15(10-13-19)18-14(2)16-7-5-6-8-17(16)20-3/h5-8,14-15,18H,4,9-13H2,1-3H3/t14-/m1/s1. The fourth-order valence-electron chi connectivity index (χ4n) is 3.11. The van der Waals surface area contributed by atoms with E-state index >= 15 is 0 Å². The number of hydrogen-bond acceptors (Lipinski definition) is 3. The molecule has 1 atom stereocenters. The maximum atomic E-state index is 5.46. The Morgan fingerprint density at radius 1 is 1.30 bits per heavy atom. The molecule has 0 bridgehead atoms. The van der Waals surface area contributed by atoms with Gasteiger partial charge in [0, 0.05) is 17.6 Å². The number of rotatable bonds is 6. The summed E-state index contributed by atoms with van der Waals surface area (Å²) >= 11 is 0. The van der Waals surface area contributed by atoms with Crippen molar-refractivity contribution < 1.29 is 4.74 Å². The number of piperidine rings is 1. The van der Waals surface area contributed by atoms with Crippen molar-refractivity contribution in [3.8, 4) is 5.75 Å². The molecule has 1 aliphatic heterocycles. The Kier molecular flexibility index (Phi) is 5.86. The minimum atomic E-state index is 0.342. The van der Waals surface area contributed by atoms with E-state index < -0.39 is 0 Å². The van der Waals surface area contributed by atoms with Crippen molar-refractivity contribution in [3.63, 3.8) is 0 Å². The Labute approximate surface area is 123 Å². The van der Waals surface area contributed by atoms with Gasteiger partial charge in [-0.3, -0.25) is 0 Å². The van der Waals surface area contributed by atoms with Crippen LogP contribution in [0.2, 0.25) is 0 Å². The molecular weight excluding hydrogens is 248 g/mol. The molecule has 1 fully saturated rings. The van der Waals surface area contributed by atoms with Crippen molar-refractivity contribution in [1.29, 1.82) is 0 Å². The van der Waals surface area contributed by atoms with Gasteiger partial charge in [0.2, 0.25) is 0 Å². The Balaban J connectivity index is 1.87.